The molecule has 0 radical (unpaired) electrons. The average molecular weight is 282 g/mol. The number of para-hydroxylation sites is 1. The van der Waals surface area contributed by atoms with Crippen LogP contribution in [0.4, 0.5) is 5.82 Å². The molecule has 0 saturated carbocycles. The number of aryl methyl sites for hydroxylation is 3. The van der Waals surface area contributed by atoms with E-state index in [1.54, 1.807) is 0 Å². The lowest BCUT2D eigenvalue weighted by atomic mass is 10.2. The number of aromatic nitrogens is 4. The van der Waals surface area contributed by atoms with Crippen molar-refractivity contribution in [3.8, 4) is 0 Å². The van der Waals surface area contributed by atoms with Gasteiger partial charge in [-0.1, -0.05) is 12.1 Å². The van der Waals surface area contributed by atoms with Crippen molar-refractivity contribution in [1.82, 2.24) is 15.0 Å². The van der Waals surface area contributed by atoms with E-state index in [2.05, 4.69) is 44.0 Å². The number of nitrogens with one attached hydrogen (secondary N) is 2. The highest BCUT2D eigenvalue weighted by atomic mass is 15.1. The minimum Gasteiger partial charge on any atom is -0.369 e. The molecule has 1 aromatic carbocycles. The van der Waals surface area contributed by atoms with Gasteiger partial charge in [-0.05, 0) is 19.1 Å². The Labute approximate surface area is 124 Å². The molecule has 2 heterocycles. The molecule has 3 aromatic rings. The monoisotopic (exact) mass is 282 g/mol. The molecular formula is C16H20N5+. The Morgan fingerprint density at radius 1 is 1.19 bits per heavy atom. The van der Waals surface area contributed by atoms with Crippen molar-refractivity contribution < 1.29 is 4.57 Å². The van der Waals surface area contributed by atoms with Gasteiger partial charge >= 0.3 is 0 Å². The summed E-state index contributed by atoms with van der Waals surface area (Å²) in [6, 6.07) is 8.10. The van der Waals surface area contributed by atoms with Gasteiger partial charge in [-0.15, -0.1) is 0 Å². The van der Waals surface area contributed by atoms with Gasteiger partial charge in [0.25, 0.3) is 5.82 Å². The van der Waals surface area contributed by atoms with Crippen LogP contribution in [-0.2, 0) is 6.54 Å². The fourth-order valence-electron chi connectivity index (χ4n) is 2.47. The van der Waals surface area contributed by atoms with Gasteiger partial charge in [0.05, 0.1) is 12.1 Å². The van der Waals surface area contributed by atoms with Crippen molar-refractivity contribution in [3.63, 3.8) is 0 Å². The molecule has 3 rings (SSSR count). The maximum Gasteiger partial charge on any atom is 0.251 e. The topological polar surface area (TPSA) is 57.5 Å². The highest BCUT2D eigenvalue weighted by Gasteiger charge is 2.06. The number of benzene rings is 1. The molecule has 0 aliphatic heterocycles. The van der Waals surface area contributed by atoms with Crippen molar-refractivity contribution in [2.45, 2.75) is 26.8 Å². The fourth-order valence-corrected chi connectivity index (χ4v) is 2.47. The first-order valence-electron chi connectivity index (χ1n) is 7.25. The van der Waals surface area contributed by atoms with Crippen LogP contribution >= 0.6 is 0 Å². The van der Waals surface area contributed by atoms with Crippen molar-refractivity contribution >= 4 is 16.7 Å². The van der Waals surface area contributed by atoms with Gasteiger partial charge in [0.2, 0.25) is 0 Å². The lowest BCUT2D eigenvalue weighted by Crippen LogP contribution is -2.35. The van der Waals surface area contributed by atoms with Gasteiger partial charge < -0.3 is 5.32 Å². The van der Waals surface area contributed by atoms with Gasteiger partial charge in [0.15, 0.2) is 0 Å². The van der Waals surface area contributed by atoms with Gasteiger partial charge in [-0.3, -0.25) is 0 Å². The third-order valence-electron chi connectivity index (χ3n) is 3.56. The van der Waals surface area contributed by atoms with E-state index >= 15 is 0 Å². The van der Waals surface area contributed by atoms with Gasteiger partial charge in [0, 0.05) is 25.3 Å². The first-order chi connectivity index (χ1) is 10.2. The van der Waals surface area contributed by atoms with Crippen LogP contribution in [0.5, 0.6) is 0 Å². The summed E-state index contributed by atoms with van der Waals surface area (Å²) in [5.74, 6) is 2.90. The minimum absolute atomic E-state index is 0.798. The first-order valence-corrected chi connectivity index (χ1v) is 7.25. The maximum absolute atomic E-state index is 4.52. The average Bonchev–Trinajstić information content (AvgIpc) is 2.88. The van der Waals surface area contributed by atoms with Crippen molar-refractivity contribution in [2.24, 2.45) is 0 Å². The normalized spacial score (nSPS) is 11.0. The van der Waals surface area contributed by atoms with Gasteiger partial charge in [0.1, 0.15) is 24.0 Å². The minimum atomic E-state index is 0.798. The van der Waals surface area contributed by atoms with Crippen LogP contribution in [0.2, 0.25) is 0 Å². The smallest absolute Gasteiger partial charge is 0.251 e. The first kappa shape index (κ1) is 13.5. The van der Waals surface area contributed by atoms with Crippen LogP contribution in [0.25, 0.3) is 10.9 Å². The molecule has 0 bridgehead atoms. The van der Waals surface area contributed by atoms with E-state index in [0.717, 1.165) is 42.1 Å². The molecule has 108 valence electrons. The summed E-state index contributed by atoms with van der Waals surface area (Å²) in [7, 11) is 0. The van der Waals surface area contributed by atoms with Crippen LogP contribution < -0.4 is 9.88 Å². The zero-order valence-corrected chi connectivity index (χ0v) is 12.4. The molecule has 0 spiro atoms. The quantitative estimate of drug-likeness (QED) is 0.558. The van der Waals surface area contributed by atoms with E-state index in [1.807, 2.05) is 31.3 Å². The second kappa shape index (κ2) is 5.91. The summed E-state index contributed by atoms with van der Waals surface area (Å²) < 4.78 is 2.21. The van der Waals surface area contributed by atoms with Gasteiger partial charge in [-0.2, -0.15) is 0 Å². The van der Waals surface area contributed by atoms with E-state index in [9.17, 15) is 0 Å². The molecule has 5 nitrogen and oxygen atoms in total. The zero-order chi connectivity index (χ0) is 14.7. The van der Waals surface area contributed by atoms with Crippen molar-refractivity contribution in [3.05, 3.63) is 48.3 Å². The lowest BCUT2D eigenvalue weighted by Gasteiger charge is -2.09. The Bertz CT molecular complexity index is 747. The van der Waals surface area contributed by atoms with E-state index in [4.69, 9.17) is 0 Å². The maximum atomic E-state index is 4.52. The summed E-state index contributed by atoms with van der Waals surface area (Å²) in [5.41, 5.74) is 0.989. The Hall–Kier alpha value is -2.43. The Kier molecular flexibility index (Phi) is 3.81. The Balaban J connectivity index is 1.67. The summed E-state index contributed by atoms with van der Waals surface area (Å²) in [6.45, 7) is 5.88. The number of imidazole rings is 1. The SMILES string of the molecule is Cc1nc(NCCC[n+]2cc[nH]c2C)c2ccccc2n1. The zero-order valence-electron chi connectivity index (χ0n) is 12.4. The summed E-state index contributed by atoms with van der Waals surface area (Å²) in [5, 5.41) is 4.51. The molecule has 21 heavy (non-hydrogen) atoms. The third kappa shape index (κ3) is 3.02. The number of aromatic amines is 1. The molecule has 0 unspecified atom stereocenters. The number of fused-ring (bicyclic) bond motifs is 1. The number of H-pyrrole nitrogens is 1. The van der Waals surface area contributed by atoms with E-state index < -0.39 is 0 Å². The fraction of sp³-hybridized carbons (Fsp3) is 0.312. The molecular weight excluding hydrogens is 262 g/mol. The molecule has 2 N–H and O–H groups in total. The molecule has 0 aliphatic rings. The summed E-state index contributed by atoms with van der Waals surface area (Å²) in [6.07, 6.45) is 5.07. The van der Waals surface area contributed by atoms with Crippen LogP contribution in [0.1, 0.15) is 18.1 Å². The predicted molar refractivity (Wildman–Crippen MR) is 83.1 cm³/mol. The standard InChI is InChI=1S/C16H19N5/c1-12-19-15-7-4-3-6-14(15)16(20-12)18-8-5-10-21-11-9-17-13(21)2/h3-4,6-7,9,11H,5,8,10H2,1-2H3,(H,18,19,20)/p+1. The largest absolute Gasteiger partial charge is 0.369 e. The highest BCUT2D eigenvalue weighted by molar-refractivity contribution is 5.88. The highest BCUT2D eigenvalue weighted by Crippen LogP contribution is 2.19. The van der Waals surface area contributed by atoms with E-state index in [0.29, 0.717) is 0 Å². The summed E-state index contributed by atoms with van der Waals surface area (Å²) >= 11 is 0. The van der Waals surface area contributed by atoms with Crippen LogP contribution in [0.3, 0.4) is 0 Å². The second-order valence-corrected chi connectivity index (χ2v) is 5.16. The van der Waals surface area contributed by atoms with E-state index in [-0.39, 0.29) is 0 Å². The van der Waals surface area contributed by atoms with Crippen molar-refractivity contribution in [2.75, 3.05) is 11.9 Å². The number of nitrogens with zero attached hydrogens (tertiary/aromatic N) is 3. The van der Waals surface area contributed by atoms with Crippen molar-refractivity contribution in [1.29, 1.82) is 0 Å². The van der Waals surface area contributed by atoms with Gasteiger partial charge in [-0.25, -0.2) is 19.5 Å². The second-order valence-electron chi connectivity index (χ2n) is 5.16. The predicted octanol–water partition coefficient (Wildman–Crippen LogP) is 2.36. The van der Waals surface area contributed by atoms with Crippen LogP contribution in [0, 0.1) is 13.8 Å². The number of anilines is 1. The number of rotatable bonds is 5. The van der Waals surface area contributed by atoms with Crippen LogP contribution in [-0.4, -0.2) is 21.5 Å². The third-order valence-corrected chi connectivity index (χ3v) is 3.56. The lowest BCUT2D eigenvalue weighted by molar-refractivity contribution is -0.701. The molecule has 0 fully saturated rings. The van der Waals surface area contributed by atoms with E-state index in [1.165, 1.54) is 5.82 Å². The molecule has 0 saturated heterocycles. The summed E-state index contributed by atoms with van der Waals surface area (Å²) in [4.78, 5) is 12.2. The molecule has 2 aromatic heterocycles. The Morgan fingerprint density at radius 3 is 2.86 bits per heavy atom. The molecule has 0 amide bonds. The Morgan fingerprint density at radius 2 is 2.05 bits per heavy atom. The molecule has 0 aliphatic carbocycles. The number of hydrogen-bond donors (Lipinski definition) is 2. The molecule has 5 heteroatoms. The number of hydrogen-bond acceptors (Lipinski definition) is 3. The van der Waals surface area contributed by atoms with Crippen LogP contribution in [0.15, 0.2) is 36.7 Å². The molecule has 0 atom stereocenters.